The Labute approximate surface area is 127 Å². The molecule has 6 nitrogen and oxygen atoms in total. The van der Waals surface area contributed by atoms with Gasteiger partial charge in [-0.1, -0.05) is 48.5 Å². The predicted octanol–water partition coefficient (Wildman–Crippen LogP) is 2.71. The Bertz CT molecular complexity index is 661. The van der Waals surface area contributed by atoms with Crippen LogP contribution in [0.3, 0.4) is 0 Å². The summed E-state index contributed by atoms with van der Waals surface area (Å²) >= 11 is 0. The molecular weight excluding hydrogens is 326 g/mol. The van der Waals surface area contributed by atoms with Crippen LogP contribution < -0.4 is 0 Å². The highest BCUT2D eigenvalue weighted by Gasteiger charge is 2.15. The Balaban J connectivity index is 2.15. The SMILES string of the molecule is O=P(O)(O)Cc1ccc(-c2ccc(CP(=O)(O)O)cc2)cc1. The van der Waals surface area contributed by atoms with Crippen molar-refractivity contribution in [1.29, 1.82) is 0 Å². The molecule has 2 aromatic rings. The van der Waals surface area contributed by atoms with Gasteiger partial charge in [-0.3, -0.25) is 9.13 Å². The topological polar surface area (TPSA) is 115 Å². The van der Waals surface area contributed by atoms with Crippen LogP contribution in [0.25, 0.3) is 11.1 Å². The van der Waals surface area contributed by atoms with Crippen molar-refractivity contribution >= 4 is 15.2 Å². The van der Waals surface area contributed by atoms with Crippen LogP contribution >= 0.6 is 15.2 Å². The van der Waals surface area contributed by atoms with Crippen molar-refractivity contribution in [2.45, 2.75) is 12.3 Å². The lowest BCUT2D eigenvalue weighted by Gasteiger charge is -2.08. The van der Waals surface area contributed by atoms with Gasteiger partial charge in [0.15, 0.2) is 0 Å². The highest BCUT2D eigenvalue weighted by Crippen LogP contribution is 2.40. The van der Waals surface area contributed by atoms with Gasteiger partial charge in [-0.05, 0) is 22.3 Å². The normalized spacial score (nSPS) is 12.4. The lowest BCUT2D eigenvalue weighted by atomic mass is 10.0. The van der Waals surface area contributed by atoms with Crippen LogP contribution in [0.4, 0.5) is 0 Å². The summed E-state index contributed by atoms with van der Waals surface area (Å²) in [7, 11) is -8.15. The maximum absolute atomic E-state index is 10.9. The third-order valence-corrected chi connectivity index (χ3v) is 4.57. The molecule has 0 atom stereocenters. The molecule has 0 bridgehead atoms. The lowest BCUT2D eigenvalue weighted by molar-refractivity contribution is 0.369. The summed E-state index contributed by atoms with van der Waals surface area (Å²) in [6.07, 6.45) is -0.594. The maximum Gasteiger partial charge on any atom is 0.329 e. The van der Waals surface area contributed by atoms with Gasteiger partial charge in [0.25, 0.3) is 0 Å². The Kier molecular flexibility index (Phi) is 5.03. The summed E-state index contributed by atoms with van der Waals surface area (Å²) in [5.41, 5.74) is 2.82. The number of hydrogen-bond acceptors (Lipinski definition) is 2. The molecule has 0 aliphatic rings. The van der Waals surface area contributed by atoms with E-state index in [0.717, 1.165) is 11.1 Å². The van der Waals surface area contributed by atoms with Crippen molar-refractivity contribution in [3.05, 3.63) is 59.7 Å². The molecule has 0 fully saturated rings. The monoisotopic (exact) mass is 342 g/mol. The second-order valence-corrected chi connectivity index (χ2v) is 8.33. The first-order valence-corrected chi connectivity index (χ1v) is 9.99. The Morgan fingerprint density at radius 1 is 0.591 bits per heavy atom. The fourth-order valence-corrected chi connectivity index (χ4v) is 3.45. The number of benzene rings is 2. The van der Waals surface area contributed by atoms with Crippen LogP contribution in [0.1, 0.15) is 11.1 Å². The van der Waals surface area contributed by atoms with Gasteiger partial charge in [0, 0.05) is 0 Å². The zero-order valence-corrected chi connectivity index (χ0v) is 13.3. The molecule has 8 heteroatoms. The van der Waals surface area contributed by atoms with Crippen LogP contribution in [0.15, 0.2) is 48.5 Å². The molecule has 0 unspecified atom stereocenters. The lowest BCUT2D eigenvalue weighted by Crippen LogP contribution is -1.88. The van der Waals surface area contributed by atoms with Crippen molar-refractivity contribution in [2.24, 2.45) is 0 Å². The maximum atomic E-state index is 10.9. The molecule has 0 spiro atoms. The van der Waals surface area contributed by atoms with E-state index in [1.807, 2.05) is 0 Å². The van der Waals surface area contributed by atoms with E-state index < -0.39 is 15.2 Å². The third-order valence-electron chi connectivity index (χ3n) is 3.02. The first-order valence-electron chi connectivity index (χ1n) is 6.40. The zero-order chi connectivity index (χ0) is 16.4. The highest BCUT2D eigenvalue weighted by molar-refractivity contribution is 7.51. The van der Waals surface area contributed by atoms with Crippen molar-refractivity contribution in [2.75, 3.05) is 0 Å². The first kappa shape index (κ1) is 17.1. The number of rotatable bonds is 5. The molecule has 0 saturated carbocycles. The summed E-state index contributed by atoms with van der Waals surface area (Å²) in [4.78, 5) is 35.7. The van der Waals surface area contributed by atoms with Gasteiger partial charge in [-0.2, -0.15) is 0 Å². The molecule has 4 N–H and O–H groups in total. The molecule has 0 aliphatic heterocycles. The minimum atomic E-state index is -4.08. The van der Waals surface area contributed by atoms with Gasteiger partial charge < -0.3 is 19.6 Å². The van der Waals surface area contributed by atoms with Crippen LogP contribution in [0.5, 0.6) is 0 Å². The van der Waals surface area contributed by atoms with E-state index >= 15 is 0 Å². The van der Waals surface area contributed by atoms with E-state index in [9.17, 15) is 9.13 Å². The quantitative estimate of drug-likeness (QED) is 0.621. The standard InChI is InChI=1S/C14H16O6P2/c15-21(16,17)9-11-1-5-13(6-2-11)14-7-3-12(4-8-14)10-22(18,19)20/h1-8H,9-10H2,(H2,15,16,17)(H2,18,19,20). The predicted molar refractivity (Wildman–Crippen MR) is 83.4 cm³/mol. The summed E-state index contributed by atoms with van der Waals surface area (Å²) < 4.78 is 21.9. The Morgan fingerprint density at radius 3 is 1.09 bits per heavy atom. The average molecular weight is 342 g/mol. The largest absolute Gasteiger partial charge is 0.329 e. The van der Waals surface area contributed by atoms with Crippen LogP contribution in [0.2, 0.25) is 0 Å². The molecule has 0 heterocycles. The van der Waals surface area contributed by atoms with Gasteiger partial charge in [-0.25, -0.2) is 0 Å². The van der Waals surface area contributed by atoms with Crippen LogP contribution in [-0.4, -0.2) is 19.6 Å². The molecule has 0 aromatic heterocycles. The van der Waals surface area contributed by atoms with Crippen molar-refractivity contribution in [3.8, 4) is 11.1 Å². The number of hydrogen-bond donors (Lipinski definition) is 4. The van der Waals surface area contributed by atoms with Gasteiger partial charge in [0.05, 0.1) is 12.3 Å². The average Bonchev–Trinajstić information content (AvgIpc) is 2.37. The fourth-order valence-electron chi connectivity index (χ4n) is 2.08. The van der Waals surface area contributed by atoms with Gasteiger partial charge >= 0.3 is 15.2 Å². The van der Waals surface area contributed by atoms with Gasteiger partial charge in [0.1, 0.15) is 0 Å². The fraction of sp³-hybridized carbons (Fsp3) is 0.143. The van der Waals surface area contributed by atoms with E-state index in [1.165, 1.54) is 0 Å². The summed E-state index contributed by atoms with van der Waals surface area (Å²) in [6.45, 7) is 0. The Morgan fingerprint density at radius 2 is 0.864 bits per heavy atom. The van der Waals surface area contributed by atoms with Gasteiger partial charge in [-0.15, -0.1) is 0 Å². The van der Waals surface area contributed by atoms with Crippen molar-refractivity contribution in [1.82, 2.24) is 0 Å². The second-order valence-electron chi connectivity index (χ2n) is 5.04. The van der Waals surface area contributed by atoms with E-state index in [2.05, 4.69) is 0 Å². The highest BCUT2D eigenvalue weighted by atomic mass is 31.2. The van der Waals surface area contributed by atoms with Crippen molar-refractivity contribution in [3.63, 3.8) is 0 Å². The minimum Gasteiger partial charge on any atom is -0.324 e. The van der Waals surface area contributed by atoms with E-state index in [1.54, 1.807) is 48.5 Å². The van der Waals surface area contributed by atoms with Gasteiger partial charge in [0.2, 0.25) is 0 Å². The smallest absolute Gasteiger partial charge is 0.324 e. The summed E-state index contributed by atoms with van der Waals surface area (Å²) in [5.74, 6) is 0. The van der Waals surface area contributed by atoms with E-state index in [0.29, 0.717) is 11.1 Å². The molecule has 2 rings (SSSR count). The van der Waals surface area contributed by atoms with Crippen LogP contribution in [-0.2, 0) is 21.5 Å². The van der Waals surface area contributed by atoms with E-state index in [4.69, 9.17) is 19.6 Å². The minimum absolute atomic E-state index is 0.297. The molecule has 0 radical (unpaired) electrons. The van der Waals surface area contributed by atoms with Crippen molar-refractivity contribution < 1.29 is 28.7 Å². The molecule has 0 saturated heterocycles. The Hall–Kier alpha value is -1.26. The molecular formula is C14H16O6P2. The van der Waals surface area contributed by atoms with E-state index in [-0.39, 0.29) is 12.3 Å². The first-order chi connectivity index (χ1) is 10.1. The summed E-state index contributed by atoms with van der Waals surface area (Å²) in [6, 6.07) is 13.6. The molecule has 0 aliphatic carbocycles. The third kappa shape index (κ3) is 5.50. The molecule has 22 heavy (non-hydrogen) atoms. The van der Waals surface area contributed by atoms with Crippen LogP contribution in [0, 0.1) is 0 Å². The zero-order valence-electron chi connectivity index (χ0n) is 11.5. The second kappa shape index (κ2) is 6.47. The summed E-state index contributed by atoms with van der Waals surface area (Å²) in [5, 5.41) is 0. The molecule has 2 aromatic carbocycles. The molecule has 0 amide bonds. The molecule has 118 valence electrons.